The molecule has 3 nitrogen and oxygen atoms in total. The molecule has 110 valence electrons. The van der Waals surface area contributed by atoms with Gasteiger partial charge in [-0.05, 0) is 52.2 Å². The average Bonchev–Trinajstić information content (AvgIpc) is 2.46. The number of esters is 1. The molecule has 0 aliphatic carbocycles. The molecule has 0 fully saturated rings. The number of anilines is 1. The van der Waals surface area contributed by atoms with Crippen molar-refractivity contribution in [3.05, 3.63) is 62.5 Å². The Balaban J connectivity index is 2.40. The van der Waals surface area contributed by atoms with Crippen molar-refractivity contribution >= 4 is 43.5 Å². The topological polar surface area (TPSA) is 38.3 Å². The van der Waals surface area contributed by atoms with Crippen LogP contribution in [-0.2, 0) is 9.53 Å². The van der Waals surface area contributed by atoms with Crippen molar-refractivity contribution in [3.63, 3.8) is 0 Å². The molecule has 21 heavy (non-hydrogen) atoms. The molecule has 2 aromatic carbocycles. The molecule has 1 atom stereocenters. The van der Waals surface area contributed by atoms with E-state index in [4.69, 9.17) is 4.74 Å². The minimum atomic E-state index is -0.580. The fourth-order valence-corrected chi connectivity index (χ4v) is 3.10. The van der Waals surface area contributed by atoms with Crippen molar-refractivity contribution < 1.29 is 9.53 Å². The van der Waals surface area contributed by atoms with Crippen LogP contribution in [0.3, 0.4) is 0 Å². The predicted molar refractivity (Wildman–Crippen MR) is 91.4 cm³/mol. The van der Waals surface area contributed by atoms with Gasteiger partial charge in [0.25, 0.3) is 0 Å². The van der Waals surface area contributed by atoms with Gasteiger partial charge in [0.05, 0.1) is 7.11 Å². The van der Waals surface area contributed by atoms with Crippen LogP contribution < -0.4 is 5.32 Å². The van der Waals surface area contributed by atoms with Gasteiger partial charge in [0.15, 0.2) is 6.04 Å². The van der Waals surface area contributed by atoms with Gasteiger partial charge in [-0.2, -0.15) is 0 Å². The number of carbonyl (C=O) groups excluding carboxylic acids is 1. The standard InChI is InChI=1S/C16H15Br2NO2/c1-10-7-8-11(13(18)9-10)15(16(20)21-2)19-14-6-4-3-5-12(14)17/h3-9,15,19H,1-2H3. The van der Waals surface area contributed by atoms with Crippen LogP contribution in [-0.4, -0.2) is 13.1 Å². The number of halogens is 2. The highest BCUT2D eigenvalue weighted by Gasteiger charge is 2.24. The second kappa shape index (κ2) is 7.09. The van der Waals surface area contributed by atoms with Crippen LogP contribution >= 0.6 is 31.9 Å². The first-order valence-electron chi connectivity index (χ1n) is 6.38. The Morgan fingerprint density at radius 2 is 1.86 bits per heavy atom. The smallest absolute Gasteiger partial charge is 0.333 e. The highest BCUT2D eigenvalue weighted by atomic mass is 79.9. The number of ether oxygens (including phenoxy) is 1. The third-order valence-electron chi connectivity index (χ3n) is 3.08. The lowest BCUT2D eigenvalue weighted by molar-refractivity contribution is -0.141. The van der Waals surface area contributed by atoms with E-state index in [-0.39, 0.29) is 5.97 Å². The molecule has 0 aromatic heterocycles. The summed E-state index contributed by atoms with van der Waals surface area (Å²) < 4.78 is 6.69. The molecule has 1 N–H and O–H groups in total. The largest absolute Gasteiger partial charge is 0.467 e. The van der Waals surface area contributed by atoms with Gasteiger partial charge in [0, 0.05) is 14.6 Å². The number of hydrogen-bond acceptors (Lipinski definition) is 3. The summed E-state index contributed by atoms with van der Waals surface area (Å²) in [6.45, 7) is 2.00. The first-order valence-corrected chi connectivity index (χ1v) is 7.96. The molecule has 0 amide bonds. The summed E-state index contributed by atoms with van der Waals surface area (Å²) in [5, 5.41) is 3.22. The molecule has 0 bridgehead atoms. The number of carbonyl (C=O) groups is 1. The molecular formula is C16H15Br2NO2. The second-order valence-corrected chi connectivity index (χ2v) is 6.31. The van der Waals surface area contributed by atoms with E-state index in [0.29, 0.717) is 0 Å². The van der Waals surface area contributed by atoms with Gasteiger partial charge in [-0.1, -0.05) is 40.2 Å². The van der Waals surface area contributed by atoms with Gasteiger partial charge in [0.1, 0.15) is 0 Å². The number of benzene rings is 2. The van der Waals surface area contributed by atoms with Crippen LogP contribution in [0.4, 0.5) is 5.69 Å². The lowest BCUT2D eigenvalue weighted by Gasteiger charge is -2.20. The van der Waals surface area contributed by atoms with Crippen molar-refractivity contribution in [2.45, 2.75) is 13.0 Å². The van der Waals surface area contributed by atoms with Gasteiger partial charge >= 0.3 is 5.97 Å². The Morgan fingerprint density at radius 3 is 2.48 bits per heavy atom. The van der Waals surface area contributed by atoms with Gasteiger partial charge in [-0.3, -0.25) is 0 Å². The average molecular weight is 413 g/mol. The van der Waals surface area contributed by atoms with Gasteiger partial charge in [0.2, 0.25) is 0 Å². The highest BCUT2D eigenvalue weighted by Crippen LogP contribution is 2.31. The summed E-state index contributed by atoms with van der Waals surface area (Å²) in [5.74, 6) is -0.338. The van der Waals surface area contributed by atoms with Crippen molar-refractivity contribution in [1.82, 2.24) is 0 Å². The van der Waals surface area contributed by atoms with E-state index in [9.17, 15) is 4.79 Å². The number of rotatable bonds is 4. The van der Waals surface area contributed by atoms with Crippen molar-refractivity contribution in [1.29, 1.82) is 0 Å². The maximum absolute atomic E-state index is 12.1. The quantitative estimate of drug-likeness (QED) is 0.729. The minimum absolute atomic E-state index is 0.338. The zero-order valence-electron chi connectivity index (χ0n) is 11.7. The predicted octanol–water partition coefficient (Wildman–Crippen LogP) is 4.85. The summed E-state index contributed by atoms with van der Waals surface area (Å²) in [4.78, 5) is 12.1. The molecule has 1 unspecified atom stereocenters. The molecule has 0 radical (unpaired) electrons. The molecule has 0 heterocycles. The summed E-state index contributed by atoms with van der Waals surface area (Å²) in [6.07, 6.45) is 0. The zero-order valence-corrected chi connectivity index (χ0v) is 14.9. The fourth-order valence-electron chi connectivity index (χ4n) is 1.98. The normalized spacial score (nSPS) is 11.8. The monoisotopic (exact) mass is 411 g/mol. The summed E-state index contributed by atoms with van der Waals surface area (Å²) >= 11 is 6.99. The summed E-state index contributed by atoms with van der Waals surface area (Å²) in [7, 11) is 1.39. The van der Waals surface area contributed by atoms with E-state index in [2.05, 4.69) is 37.2 Å². The van der Waals surface area contributed by atoms with E-state index in [1.54, 1.807) is 0 Å². The third-order valence-corrected chi connectivity index (χ3v) is 4.46. The first-order chi connectivity index (χ1) is 10.0. The van der Waals surface area contributed by atoms with E-state index in [1.807, 2.05) is 49.4 Å². The molecule has 0 aliphatic heterocycles. The molecule has 2 aromatic rings. The van der Waals surface area contributed by atoms with Crippen molar-refractivity contribution in [2.75, 3.05) is 12.4 Å². The molecular weight excluding hydrogens is 398 g/mol. The Hall–Kier alpha value is -1.33. The number of aryl methyl sites for hydroxylation is 1. The van der Waals surface area contributed by atoms with Gasteiger partial charge in [-0.25, -0.2) is 4.79 Å². The zero-order chi connectivity index (χ0) is 15.4. The summed E-state index contributed by atoms with van der Waals surface area (Å²) in [6, 6.07) is 12.9. The lowest BCUT2D eigenvalue weighted by atomic mass is 10.0. The Morgan fingerprint density at radius 1 is 1.14 bits per heavy atom. The van der Waals surface area contributed by atoms with E-state index < -0.39 is 6.04 Å². The Bertz CT molecular complexity index is 658. The number of methoxy groups -OCH3 is 1. The van der Waals surface area contributed by atoms with Gasteiger partial charge < -0.3 is 10.1 Å². The van der Waals surface area contributed by atoms with Crippen molar-refractivity contribution in [2.24, 2.45) is 0 Å². The van der Waals surface area contributed by atoms with Crippen LogP contribution in [0.2, 0.25) is 0 Å². The van der Waals surface area contributed by atoms with Crippen LogP contribution in [0.25, 0.3) is 0 Å². The molecule has 0 aliphatic rings. The maximum atomic E-state index is 12.1. The summed E-state index contributed by atoms with van der Waals surface area (Å²) in [5.41, 5.74) is 2.79. The SMILES string of the molecule is COC(=O)C(Nc1ccccc1Br)c1ccc(C)cc1Br. The molecule has 2 rings (SSSR count). The fraction of sp³-hybridized carbons (Fsp3) is 0.188. The third kappa shape index (κ3) is 3.86. The minimum Gasteiger partial charge on any atom is -0.467 e. The number of para-hydroxylation sites is 1. The lowest BCUT2D eigenvalue weighted by Crippen LogP contribution is -2.23. The number of hydrogen-bond donors (Lipinski definition) is 1. The van der Waals surface area contributed by atoms with Crippen LogP contribution in [0.5, 0.6) is 0 Å². The number of nitrogens with one attached hydrogen (secondary N) is 1. The van der Waals surface area contributed by atoms with E-state index in [1.165, 1.54) is 7.11 Å². The van der Waals surface area contributed by atoms with E-state index >= 15 is 0 Å². The van der Waals surface area contributed by atoms with Crippen LogP contribution in [0.1, 0.15) is 17.2 Å². The molecule has 0 saturated heterocycles. The van der Waals surface area contributed by atoms with Crippen LogP contribution in [0, 0.1) is 6.92 Å². The Kier molecular flexibility index (Phi) is 5.42. The molecule has 5 heteroatoms. The van der Waals surface area contributed by atoms with Crippen LogP contribution in [0.15, 0.2) is 51.4 Å². The first kappa shape index (κ1) is 16.0. The van der Waals surface area contributed by atoms with Gasteiger partial charge in [-0.15, -0.1) is 0 Å². The molecule has 0 saturated carbocycles. The maximum Gasteiger partial charge on any atom is 0.333 e. The van der Waals surface area contributed by atoms with E-state index in [0.717, 1.165) is 25.8 Å². The molecule has 0 spiro atoms. The van der Waals surface area contributed by atoms with Crippen molar-refractivity contribution in [3.8, 4) is 0 Å². The second-order valence-electron chi connectivity index (χ2n) is 4.61. The highest BCUT2D eigenvalue weighted by molar-refractivity contribution is 9.11. The Labute approximate surface area is 141 Å².